The first-order chi connectivity index (χ1) is 12.4. The predicted molar refractivity (Wildman–Crippen MR) is 89.3 cm³/mol. The molecule has 0 amide bonds. The summed E-state index contributed by atoms with van der Waals surface area (Å²) in [7, 11) is -4.96. The lowest BCUT2D eigenvalue weighted by Crippen LogP contribution is -2.36. The van der Waals surface area contributed by atoms with E-state index in [1.165, 1.54) is 13.8 Å². The van der Waals surface area contributed by atoms with E-state index in [4.69, 9.17) is 0 Å². The molecule has 0 radical (unpaired) electrons. The lowest BCUT2D eigenvalue weighted by Gasteiger charge is -2.22. The molecular weight excluding hydrogens is 387 g/mol. The molecule has 1 N–H and O–H groups in total. The minimum atomic E-state index is -4.96. The maximum atomic E-state index is 12.4. The second kappa shape index (κ2) is 11.1. The number of hydrogen-bond donors (Lipinski definition) is 1. The summed E-state index contributed by atoms with van der Waals surface area (Å²) in [4.78, 5) is 47.6. The Morgan fingerprint density at radius 3 is 1.67 bits per heavy atom. The highest BCUT2D eigenvalue weighted by atomic mass is 31.2. The van der Waals surface area contributed by atoms with Crippen molar-refractivity contribution in [2.45, 2.75) is 38.8 Å². The first kappa shape index (κ1) is 25.2. The highest BCUT2D eigenvalue weighted by molar-refractivity contribution is 7.48. The Bertz CT molecular complexity index is 606. The molecule has 0 aromatic heterocycles. The van der Waals surface area contributed by atoms with Crippen molar-refractivity contribution >= 4 is 25.2 Å². The van der Waals surface area contributed by atoms with Crippen LogP contribution in [0.5, 0.6) is 0 Å². The second-order valence-electron chi connectivity index (χ2n) is 5.00. The molecular formula is C15H21O11P. The summed E-state index contributed by atoms with van der Waals surface area (Å²) in [5, 5.41) is 9.74. The lowest BCUT2D eigenvalue weighted by atomic mass is 10.2. The summed E-state index contributed by atoms with van der Waals surface area (Å²) in [6.45, 7) is 12.8. The predicted octanol–water partition coefficient (Wildman–Crippen LogP) is 1.69. The fourth-order valence-corrected chi connectivity index (χ4v) is 1.83. The van der Waals surface area contributed by atoms with Gasteiger partial charge in [-0.3, -0.25) is 14.4 Å². The first-order valence-electron chi connectivity index (χ1n) is 7.31. The quantitative estimate of drug-likeness (QED) is 0.139. The van der Waals surface area contributed by atoms with Crippen molar-refractivity contribution in [3.05, 3.63) is 38.0 Å². The Labute approximate surface area is 155 Å². The summed E-state index contributed by atoms with van der Waals surface area (Å²) in [6.07, 6.45) is -0.0485. The van der Waals surface area contributed by atoms with Crippen LogP contribution in [0.3, 0.4) is 0 Å². The van der Waals surface area contributed by atoms with Gasteiger partial charge in [-0.2, -0.15) is 4.89 Å². The maximum absolute atomic E-state index is 12.4. The Morgan fingerprint density at radius 2 is 1.33 bits per heavy atom. The number of carbonyl (C=O) groups excluding carboxylic acids is 3. The molecule has 0 spiro atoms. The maximum Gasteiger partial charge on any atom is 0.556 e. The van der Waals surface area contributed by atoms with Gasteiger partial charge in [0.15, 0.2) is 23.8 Å². The molecule has 0 fully saturated rings. The van der Waals surface area contributed by atoms with Gasteiger partial charge in [0.1, 0.15) is 0 Å². The number of hydrogen-bond acceptors (Lipinski definition) is 11. The normalized spacial score (nSPS) is 17.6. The van der Waals surface area contributed by atoms with Crippen LogP contribution in [-0.4, -0.2) is 40.5 Å². The van der Waals surface area contributed by atoms with Gasteiger partial charge >= 0.3 is 7.82 Å². The zero-order valence-electron chi connectivity index (χ0n) is 15.0. The molecule has 0 heterocycles. The summed E-state index contributed by atoms with van der Waals surface area (Å²) < 4.78 is 25.5. The van der Waals surface area contributed by atoms with Crippen LogP contribution in [0.1, 0.15) is 20.8 Å². The summed E-state index contributed by atoms with van der Waals surface area (Å²) in [5.74, 6) is -4.96. The number of ketones is 3. The Balaban J connectivity index is 5.20. The number of carbonyl (C=O) groups is 3. The highest BCUT2D eigenvalue weighted by Crippen LogP contribution is 2.51. The Morgan fingerprint density at radius 1 is 0.926 bits per heavy atom. The van der Waals surface area contributed by atoms with Gasteiger partial charge in [-0.1, -0.05) is 19.7 Å². The first-order valence-corrected chi connectivity index (χ1v) is 8.78. The van der Waals surface area contributed by atoms with Crippen LogP contribution < -0.4 is 0 Å². The molecule has 0 aromatic carbocycles. The zero-order valence-corrected chi connectivity index (χ0v) is 15.9. The van der Waals surface area contributed by atoms with Gasteiger partial charge in [-0.05, 0) is 32.1 Å². The molecule has 3 atom stereocenters. The van der Waals surface area contributed by atoms with Gasteiger partial charge in [-0.15, -0.1) is 14.0 Å². The van der Waals surface area contributed by atoms with E-state index in [0.717, 1.165) is 19.1 Å². The van der Waals surface area contributed by atoms with Crippen LogP contribution in [0.15, 0.2) is 38.0 Å². The van der Waals surface area contributed by atoms with Crippen LogP contribution in [0.2, 0.25) is 0 Å². The van der Waals surface area contributed by atoms with Crippen LogP contribution >= 0.6 is 7.82 Å². The third-order valence-corrected chi connectivity index (χ3v) is 3.49. The Hall–Kier alpha value is -1.82. The van der Waals surface area contributed by atoms with Crippen LogP contribution in [0.25, 0.3) is 0 Å². The summed E-state index contributed by atoms with van der Waals surface area (Å²) in [6, 6.07) is 0. The van der Waals surface area contributed by atoms with Gasteiger partial charge in [0.05, 0.1) is 0 Å². The van der Waals surface area contributed by atoms with Gasteiger partial charge < -0.3 is 5.11 Å². The molecule has 0 rings (SSSR count). The standard InChI is InChI=1S/C15H21O11P/c1-7-12(16)10(4)21-24-27(20,25-22-11(5)13(17)8-2)26-23-15(6,19)14(18)9-3/h7-11,19H,1-3H2,4-6H3. The molecule has 27 heavy (non-hydrogen) atoms. The van der Waals surface area contributed by atoms with E-state index >= 15 is 0 Å². The van der Waals surface area contributed by atoms with E-state index in [0.29, 0.717) is 6.08 Å². The van der Waals surface area contributed by atoms with Crippen molar-refractivity contribution in [1.29, 1.82) is 0 Å². The average molecular weight is 408 g/mol. The van der Waals surface area contributed by atoms with E-state index in [1.807, 2.05) is 0 Å². The topological polar surface area (TPSA) is 144 Å². The van der Waals surface area contributed by atoms with Crippen LogP contribution in [0.4, 0.5) is 0 Å². The minimum Gasteiger partial charge on any atom is -0.357 e. The largest absolute Gasteiger partial charge is 0.556 e. The summed E-state index contributed by atoms with van der Waals surface area (Å²) in [5.41, 5.74) is 0. The SMILES string of the molecule is C=CC(=O)C(C)OOP(=O)(OOC(C)C(=O)C=C)OOC(C)(O)C(=O)C=C. The molecule has 11 nitrogen and oxygen atoms in total. The molecule has 0 saturated heterocycles. The van der Waals surface area contributed by atoms with E-state index in [9.17, 15) is 24.1 Å². The molecule has 0 bridgehead atoms. The molecule has 12 heteroatoms. The van der Waals surface area contributed by atoms with Gasteiger partial charge in [0, 0.05) is 6.92 Å². The molecule has 152 valence electrons. The fraction of sp³-hybridized carbons (Fsp3) is 0.400. The zero-order chi connectivity index (χ0) is 21.3. The monoisotopic (exact) mass is 408 g/mol. The molecule has 3 unspecified atom stereocenters. The van der Waals surface area contributed by atoms with Crippen molar-refractivity contribution in [3.63, 3.8) is 0 Å². The summed E-state index contributed by atoms with van der Waals surface area (Å²) >= 11 is 0. The van der Waals surface area contributed by atoms with Gasteiger partial charge in [0.2, 0.25) is 5.78 Å². The van der Waals surface area contributed by atoms with Crippen molar-refractivity contribution in [2.75, 3.05) is 0 Å². The molecule has 0 aliphatic rings. The van der Waals surface area contributed by atoms with E-state index < -0.39 is 43.2 Å². The van der Waals surface area contributed by atoms with Crippen molar-refractivity contribution in [1.82, 2.24) is 0 Å². The van der Waals surface area contributed by atoms with E-state index in [2.05, 4.69) is 48.4 Å². The van der Waals surface area contributed by atoms with Gasteiger partial charge in [-0.25, -0.2) is 14.3 Å². The molecule has 0 saturated carbocycles. The highest BCUT2D eigenvalue weighted by Gasteiger charge is 2.40. The Kier molecular flexibility index (Phi) is 10.4. The van der Waals surface area contributed by atoms with Crippen molar-refractivity contribution in [2.24, 2.45) is 0 Å². The minimum absolute atomic E-state index is 0.646. The third kappa shape index (κ3) is 8.61. The fourth-order valence-electron chi connectivity index (χ4n) is 1.05. The number of phosphoric acid groups is 1. The second-order valence-corrected chi connectivity index (χ2v) is 6.34. The van der Waals surface area contributed by atoms with E-state index in [-0.39, 0.29) is 0 Å². The van der Waals surface area contributed by atoms with Crippen LogP contribution in [-0.2, 0) is 47.6 Å². The van der Waals surface area contributed by atoms with Crippen molar-refractivity contribution in [3.8, 4) is 0 Å². The van der Waals surface area contributed by atoms with E-state index in [1.54, 1.807) is 0 Å². The number of aliphatic hydroxyl groups is 1. The smallest absolute Gasteiger partial charge is 0.357 e. The average Bonchev–Trinajstić information content (AvgIpc) is 2.66. The molecule has 0 aliphatic heterocycles. The van der Waals surface area contributed by atoms with Crippen molar-refractivity contribution < 1.29 is 52.7 Å². The third-order valence-electron chi connectivity index (χ3n) is 2.69. The molecule has 0 aliphatic carbocycles. The number of rotatable bonds is 15. The van der Waals surface area contributed by atoms with Gasteiger partial charge in [0.25, 0.3) is 5.79 Å². The molecule has 0 aromatic rings. The lowest BCUT2D eigenvalue weighted by molar-refractivity contribution is -0.383. The van der Waals surface area contributed by atoms with Crippen LogP contribution in [0, 0.1) is 0 Å².